The Morgan fingerprint density at radius 2 is 1.63 bits per heavy atom. The fraction of sp³-hybridized carbons (Fsp3) is 0.960. The van der Waals surface area contributed by atoms with Gasteiger partial charge < -0.3 is 4.74 Å². The average molecular weight is 373 g/mol. The van der Waals surface area contributed by atoms with Crippen molar-refractivity contribution < 1.29 is 9.53 Å². The zero-order valence-electron chi connectivity index (χ0n) is 17.8. The van der Waals surface area contributed by atoms with E-state index in [-0.39, 0.29) is 0 Å². The summed E-state index contributed by atoms with van der Waals surface area (Å²) in [6.45, 7) is 7.35. The number of hydrogen-bond acceptors (Lipinski definition) is 2. The average Bonchev–Trinajstić information content (AvgIpc) is 3.25. The van der Waals surface area contributed by atoms with Crippen molar-refractivity contribution in [3.05, 3.63) is 0 Å². The van der Waals surface area contributed by atoms with E-state index < -0.39 is 0 Å². The molecule has 0 aromatic carbocycles. The van der Waals surface area contributed by atoms with Gasteiger partial charge >= 0.3 is 0 Å². The molecule has 5 fully saturated rings. The predicted molar refractivity (Wildman–Crippen MR) is 108 cm³/mol. The lowest BCUT2D eigenvalue weighted by atomic mass is 9.44. The molecule has 2 heteroatoms. The number of ketones is 1. The SMILES string of the molecule is C[C@@H]1C[C@@]2(C)[C@@H](CC[C@@H]3[C@@H]2CC[C@]2(C)[C@@H](OC4CCCC4)CC[C@@H]32)CC1=O. The van der Waals surface area contributed by atoms with Gasteiger partial charge in [-0.2, -0.15) is 0 Å². The molecule has 0 heterocycles. The Morgan fingerprint density at radius 1 is 0.889 bits per heavy atom. The van der Waals surface area contributed by atoms with Crippen molar-refractivity contribution in [1.29, 1.82) is 0 Å². The van der Waals surface area contributed by atoms with Gasteiger partial charge in [-0.3, -0.25) is 4.79 Å². The summed E-state index contributed by atoms with van der Waals surface area (Å²) in [6.07, 6.45) is 16.6. The maximum Gasteiger partial charge on any atom is 0.136 e. The van der Waals surface area contributed by atoms with Gasteiger partial charge in [0.05, 0.1) is 12.2 Å². The Labute approximate surface area is 166 Å². The molecule has 27 heavy (non-hydrogen) atoms. The third kappa shape index (κ3) is 2.79. The Kier molecular flexibility index (Phi) is 4.54. The van der Waals surface area contributed by atoms with E-state index in [4.69, 9.17) is 4.74 Å². The summed E-state index contributed by atoms with van der Waals surface area (Å²) in [4.78, 5) is 12.4. The van der Waals surface area contributed by atoms with Crippen LogP contribution in [0.5, 0.6) is 0 Å². The van der Waals surface area contributed by atoms with Crippen molar-refractivity contribution in [2.75, 3.05) is 0 Å². The molecule has 2 nitrogen and oxygen atoms in total. The van der Waals surface area contributed by atoms with Crippen LogP contribution in [0.3, 0.4) is 0 Å². The zero-order valence-corrected chi connectivity index (χ0v) is 17.8. The molecule has 0 aliphatic heterocycles. The molecule has 0 radical (unpaired) electrons. The molecule has 0 saturated heterocycles. The minimum Gasteiger partial charge on any atom is -0.374 e. The van der Waals surface area contributed by atoms with Crippen molar-refractivity contribution in [2.24, 2.45) is 40.4 Å². The first kappa shape index (κ1) is 18.6. The first-order chi connectivity index (χ1) is 12.9. The molecule has 0 spiro atoms. The van der Waals surface area contributed by atoms with E-state index in [9.17, 15) is 4.79 Å². The molecular formula is C25H40O2. The number of Topliss-reactive ketones (excluding diaryl/α,β-unsaturated/α-hetero) is 1. The lowest BCUT2D eigenvalue weighted by molar-refractivity contribution is -0.155. The number of ether oxygens (including phenoxy) is 1. The van der Waals surface area contributed by atoms with Gasteiger partial charge in [-0.1, -0.05) is 33.6 Å². The number of rotatable bonds is 2. The van der Waals surface area contributed by atoms with Gasteiger partial charge in [0.25, 0.3) is 0 Å². The summed E-state index contributed by atoms with van der Waals surface area (Å²) in [5.41, 5.74) is 0.838. The quantitative estimate of drug-likeness (QED) is 0.579. The first-order valence-corrected chi connectivity index (χ1v) is 12.1. The monoisotopic (exact) mass is 372 g/mol. The zero-order chi connectivity index (χ0) is 18.8. The van der Waals surface area contributed by atoms with Crippen molar-refractivity contribution in [1.82, 2.24) is 0 Å². The van der Waals surface area contributed by atoms with Crippen LogP contribution < -0.4 is 0 Å². The molecule has 5 rings (SSSR count). The lowest BCUT2D eigenvalue weighted by Crippen LogP contribution is -2.55. The van der Waals surface area contributed by atoms with Gasteiger partial charge in [-0.05, 0) is 92.3 Å². The van der Waals surface area contributed by atoms with Gasteiger partial charge in [-0.15, -0.1) is 0 Å². The molecular weight excluding hydrogens is 332 g/mol. The van der Waals surface area contributed by atoms with Gasteiger partial charge in [0.1, 0.15) is 5.78 Å². The van der Waals surface area contributed by atoms with Crippen LogP contribution in [-0.4, -0.2) is 18.0 Å². The van der Waals surface area contributed by atoms with E-state index in [1.54, 1.807) is 0 Å². The highest BCUT2D eigenvalue weighted by Gasteiger charge is 2.61. The lowest BCUT2D eigenvalue weighted by Gasteiger charge is -2.60. The van der Waals surface area contributed by atoms with Crippen LogP contribution in [0.15, 0.2) is 0 Å². The molecule has 152 valence electrons. The topological polar surface area (TPSA) is 26.3 Å². The maximum absolute atomic E-state index is 12.4. The molecule has 0 unspecified atom stereocenters. The second kappa shape index (κ2) is 6.57. The second-order valence-corrected chi connectivity index (χ2v) is 11.6. The van der Waals surface area contributed by atoms with Crippen molar-refractivity contribution in [3.8, 4) is 0 Å². The highest BCUT2D eigenvalue weighted by molar-refractivity contribution is 5.82. The third-order valence-electron chi connectivity index (χ3n) is 10.4. The van der Waals surface area contributed by atoms with Crippen molar-refractivity contribution >= 4 is 5.78 Å². The number of hydrogen-bond donors (Lipinski definition) is 0. The molecule has 0 aromatic heterocycles. The highest BCUT2D eigenvalue weighted by atomic mass is 16.5. The molecule has 5 aliphatic rings. The first-order valence-electron chi connectivity index (χ1n) is 12.1. The summed E-state index contributed by atoms with van der Waals surface area (Å²) >= 11 is 0. The normalized spacial score (nSPS) is 53.1. The standard InChI is InChI=1S/C25H40O2/c1-16-15-25(3)17(14-22(16)26)8-9-19-20-10-11-23(27-18-6-4-5-7-18)24(20,2)13-12-21(19)25/h16-21,23H,4-15H2,1-3H3/t16-,17+,19+,20+,21+,23+,24+,25+/m1/s1. The van der Waals surface area contributed by atoms with Crippen LogP contribution in [0.25, 0.3) is 0 Å². The Morgan fingerprint density at radius 3 is 2.41 bits per heavy atom. The Balaban J connectivity index is 1.36. The van der Waals surface area contributed by atoms with Crippen LogP contribution in [0.2, 0.25) is 0 Å². The summed E-state index contributed by atoms with van der Waals surface area (Å²) in [6, 6.07) is 0. The molecule has 0 amide bonds. The fourth-order valence-corrected chi connectivity index (χ4v) is 8.84. The molecule has 8 atom stereocenters. The Bertz CT molecular complexity index is 593. The third-order valence-corrected chi connectivity index (χ3v) is 10.4. The predicted octanol–water partition coefficient (Wildman–Crippen LogP) is 6.17. The molecule has 5 saturated carbocycles. The van der Waals surface area contributed by atoms with Crippen LogP contribution in [0.1, 0.15) is 97.8 Å². The van der Waals surface area contributed by atoms with Crippen molar-refractivity contribution in [3.63, 3.8) is 0 Å². The molecule has 0 N–H and O–H groups in total. The summed E-state index contributed by atoms with van der Waals surface area (Å²) < 4.78 is 6.74. The maximum atomic E-state index is 12.4. The number of fused-ring (bicyclic) bond motifs is 5. The van der Waals surface area contributed by atoms with Crippen LogP contribution in [-0.2, 0) is 9.53 Å². The number of carbonyl (C=O) groups is 1. The van der Waals surface area contributed by atoms with Gasteiger partial charge in [0, 0.05) is 12.3 Å². The van der Waals surface area contributed by atoms with Crippen LogP contribution in [0, 0.1) is 40.4 Å². The smallest absolute Gasteiger partial charge is 0.136 e. The molecule has 0 bridgehead atoms. The second-order valence-electron chi connectivity index (χ2n) is 11.6. The molecule has 5 aliphatic carbocycles. The van der Waals surface area contributed by atoms with E-state index in [1.807, 2.05) is 0 Å². The van der Waals surface area contributed by atoms with Gasteiger partial charge in [0.2, 0.25) is 0 Å². The van der Waals surface area contributed by atoms with Crippen molar-refractivity contribution in [2.45, 2.75) is 110 Å². The minimum atomic E-state index is 0.292. The molecule has 0 aromatic rings. The van der Waals surface area contributed by atoms with Gasteiger partial charge in [0.15, 0.2) is 0 Å². The van der Waals surface area contributed by atoms with E-state index in [1.165, 1.54) is 64.2 Å². The largest absolute Gasteiger partial charge is 0.374 e. The minimum absolute atomic E-state index is 0.292. The van der Waals surface area contributed by atoms with E-state index in [2.05, 4.69) is 20.8 Å². The van der Waals surface area contributed by atoms with E-state index in [0.29, 0.717) is 40.7 Å². The Hall–Kier alpha value is -0.370. The summed E-state index contributed by atoms with van der Waals surface area (Å²) in [5.74, 6) is 4.12. The van der Waals surface area contributed by atoms with Crippen LogP contribution in [0.4, 0.5) is 0 Å². The number of carbonyl (C=O) groups excluding carboxylic acids is 1. The summed E-state index contributed by atoms with van der Waals surface area (Å²) in [7, 11) is 0. The van der Waals surface area contributed by atoms with Crippen LogP contribution >= 0.6 is 0 Å². The van der Waals surface area contributed by atoms with Gasteiger partial charge in [-0.25, -0.2) is 0 Å². The van der Waals surface area contributed by atoms with E-state index in [0.717, 1.165) is 30.6 Å². The highest BCUT2D eigenvalue weighted by Crippen LogP contribution is 2.66. The fourth-order valence-electron chi connectivity index (χ4n) is 8.84. The van der Waals surface area contributed by atoms with E-state index >= 15 is 0 Å². The summed E-state index contributed by atoms with van der Waals surface area (Å²) in [5, 5.41) is 0.